The average Bonchev–Trinajstić information content (AvgIpc) is 3.55. The molecule has 3 aliphatic rings. The number of carbonyl (C=O) groups is 1. The average molecular weight is 591 g/mol. The summed E-state index contributed by atoms with van der Waals surface area (Å²) in [5.74, 6) is -1.23. The van der Waals surface area contributed by atoms with Gasteiger partial charge in [0.2, 0.25) is 0 Å². The van der Waals surface area contributed by atoms with Crippen LogP contribution in [-0.2, 0) is 23.5 Å². The van der Waals surface area contributed by atoms with Crippen molar-refractivity contribution in [3.8, 4) is 5.69 Å². The van der Waals surface area contributed by atoms with Crippen molar-refractivity contribution in [3.05, 3.63) is 95.3 Å². The first-order valence-electron chi connectivity index (χ1n) is 13.9. The van der Waals surface area contributed by atoms with Gasteiger partial charge in [0.15, 0.2) is 5.78 Å². The highest BCUT2D eigenvalue weighted by Gasteiger charge is 2.54. The lowest BCUT2D eigenvalue weighted by molar-refractivity contribution is 0.0732. The summed E-state index contributed by atoms with van der Waals surface area (Å²) < 4.78 is 60.5. The van der Waals surface area contributed by atoms with Crippen LogP contribution < -0.4 is 0 Å². The van der Waals surface area contributed by atoms with Crippen molar-refractivity contribution < 1.29 is 22.0 Å². The van der Waals surface area contributed by atoms with Crippen molar-refractivity contribution in [1.82, 2.24) is 28.6 Å². The molecule has 3 aromatic heterocycles. The van der Waals surface area contributed by atoms with Gasteiger partial charge in [-0.25, -0.2) is 22.2 Å². The summed E-state index contributed by atoms with van der Waals surface area (Å²) in [5.41, 5.74) is 2.30. The molecule has 0 radical (unpaired) electrons. The van der Waals surface area contributed by atoms with Crippen molar-refractivity contribution >= 4 is 21.9 Å². The molecular weight excluding hydrogens is 562 g/mol. The Morgan fingerprint density at radius 2 is 1.81 bits per heavy atom. The van der Waals surface area contributed by atoms with Gasteiger partial charge in [-0.1, -0.05) is 5.57 Å². The number of sulfonamides is 1. The van der Waals surface area contributed by atoms with E-state index >= 15 is 0 Å². The molecule has 0 spiro atoms. The number of halogens is 2. The largest absolute Gasteiger partial charge is 0.317 e. The Morgan fingerprint density at radius 3 is 2.50 bits per heavy atom. The Kier molecular flexibility index (Phi) is 6.24. The number of aromatic nitrogens is 5. The molecule has 1 aromatic carbocycles. The number of carbonyl (C=O) groups excluding carboxylic acids is 1. The van der Waals surface area contributed by atoms with Crippen molar-refractivity contribution in [2.45, 2.75) is 55.8 Å². The van der Waals surface area contributed by atoms with Gasteiger partial charge >= 0.3 is 0 Å². The molecule has 0 saturated heterocycles. The molecule has 12 heteroatoms. The van der Waals surface area contributed by atoms with Crippen LogP contribution >= 0.6 is 0 Å². The van der Waals surface area contributed by atoms with Crippen LogP contribution in [0.2, 0.25) is 0 Å². The summed E-state index contributed by atoms with van der Waals surface area (Å²) >= 11 is 0. The first-order valence-corrected chi connectivity index (χ1v) is 15.3. The number of rotatable bonds is 7. The molecule has 216 valence electrons. The first-order chi connectivity index (χ1) is 20.2. The van der Waals surface area contributed by atoms with Gasteiger partial charge in [-0.15, -0.1) is 5.10 Å². The SMILES string of the molecule is Cn1cnc(S(=O)(=O)N(C2CC2)[C@H]2CCC3=Cc4c(ccn4-c4ccc(F)cc4)C[C@]3(C(=O)c3cc(F)ccn3)C2)n1. The van der Waals surface area contributed by atoms with Crippen molar-refractivity contribution in [2.75, 3.05) is 0 Å². The molecule has 0 N–H and O–H groups in total. The fourth-order valence-electron chi connectivity index (χ4n) is 6.57. The number of fused-ring (bicyclic) bond motifs is 2. The zero-order chi connectivity index (χ0) is 29.2. The Bertz CT molecular complexity index is 1840. The smallest absolute Gasteiger partial charge is 0.282 e. The highest BCUT2D eigenvalue weighted by molar-refractivity contribution is 7.89. The molecule has 42 heavy (non-hydrogen) atoms. The molecule has 2 saturated carbocycles. The Balaban J connectivity index is 1.32. The van der Waals surface area contributed by atoms with Crippen LogP contribution in [0.3, 0.4) is 0 Å². The van der Waals surface area contributed by atoms with Crippen LogP contribution in [0, 0.1) is 17.0 Å². The highest BCUT2D eigenvalue weighted by Crippen LogP contribution is 2.52. The van der Waals surface area contributed by atoms with E-state index in [-0.39, 0.29) is 34.9 Å². The molecule has 0 aliphatic heterocycles. The third kappa shape index (κ3) is 4.40. The van der Waals surface area contributed by atoms with Gasteiger partial charge in [0.25, 0.3) is 15.2 Å². The summed E-state index contributed by atoms with van der Waals surface area (Å²) in [7, 11) is -2.41. The summed E-state index contributed by atoms with van der Waals surface area (Å²) in [6.45, 7) is 0. The molecule has 0 unspecified atom stereocenters. The monoisotopic (exact) mass is 590 g/mol. The lowest BCUT2D eigenvalue weighted by atomic mass is 9.60. The molecule has 2 atom stereocenters. The maximum Gasteiger partial charge on any atom is 0.282 e. The maximum atomic E-state index is 14.4. The predicted octanol–water partition coefficient (Wildman–Crippen LogP) is 4.49. The van der Waals surface area contributed by atoms with Gasteiger partial charge in [-0.3, -0.25) is 14.5 Å². The summed E-state index contributed by atoms with van der Waals surface area (Å²) in [6, 6.07) is 9.77. The minimum absolute atomic E-state index is 0.00943. The Labute approximate surface area is 241 Å². The van der Waals surface area contributed by atoms with Crippen molar-refractivity contribution in [1.29, 1.82) is 0 Å². The second-order valence-corrected chi connectivity index (χ2v) is 13.1. The molecule has 0 bridgehead atoms. The fraction of sp³-hybridized carbons (Fsp3) is 0.333. The van der Waals surface area contributed by atoms with E-state index < -0.39 is 27.3 Å². The second-order valence-electron chi connectivity index (χ2n) is 11.4. The fourth-order valence-corrected chi connectivity index (χ4v) is 8.34. The van der Waals surface area contributed by atoms with E-state index in [1.807, 2.05) is 22.9 Å². The van der Waals surface area contributed by atoms with Gasteiger partial charge < -0.3 is 4.57 Å². The van der Waals surface area contributed by atoms with E-state index in [1.54, 1.807) is 19.2 Å². The lowest BCUT2D eigenvalue weighted by Crippen LogP contribution is -2.51. The molecule has 3 aliphatic carbocycles. The molecular formula is C30H28F2N6O3S. The Hall–Kier alpha value is -4.03. The van der Waals surface area contributed by atoms with Gasteiger partial charge in [0, 0.05) is 49.0 Å². The summed E-state index contributed by atoms with van der Waals surface area (Å²) in [4.78, 5) is 22.7. The van der Waals surface area contributed by atoms with Gasteiger partial charge in [0.1, 0.15) is 23.7 Å². The van der Waals surface area contributed by atoms with Crippen LogP contribution in [0.1, 0.15) is 53.8 Å². The van der Waals surface area contributed by atoms with Crippen molar-refractivity contribution in [3.63, 3.8) is 0 Å². The van der Waals surface area contributed by atoms with E-state index in [2.05, 4.69) is 15.1 Å². The van der Waals surface area contributed by atoms with Crippen LogP contribution in [0.4, 0.5) is 8.78 Å². The van der Waals surface area contributed by atoms with Gasteiger partial charge in [-0.05, 0) is 86.6 Å². The molecule has 4 aromatic rings. The summed E-state index contributed by atoms with van der Waals surface area (Å²) in [5, 5.41) is 3.83. The molecule has 7 rings (SSSR count). The number of pyridine rings is 1. The van der Waals surface area contributed by atoms with E-state index in [1.165, 1.54) is 39.7 Å². The van der Waals surface area contributed by atoms with E-state index in [0.717, 1.165) is 41.4 Å². The molecule has 3 heterocycles. The minimum Gasteiger partial charge on any atom is -0.317 e. The van der Waals surface area contributed by atoms with E-state index in [9.17, 15) is 22.0 Å². The maximum absolute atomic E-state index is 14.4. The normalized spacial score (nSPS) is 22.0. The lowest BCUT2D eigenvalue weighted by Gasteiger charge is -2.46. The van der Waals surface area contributed by atoms with Crippen LogP contribution in [0.25, 0.3) is 11.8 Å². The Morgan fingerprint density at radius 1 is 1.02 bits per heavy atom. The highest BCUT2D eigenvalue weighted by atomic mass is 32.2. The summed E-state index contributed by atoms with van der Waals surface area (Å²) in [6.07, 6.45) is 9.45. The molecule has 2 fully saturated rings. The number of hydrogen-bond donors (Lipinski definition) is 0. The van der Waals surface area contributed by atoms with Crippen LogP contribution in [0.15, 0.2) is 71.9 Å². The first kappa shape index (κ1) is 26.8. The molecule has 9 nitrogen and oxygen atoms in total. The zero-order valence-corrected chi connectivity index (χ0v) is 23.6. The number of nitrogens with zero attached hydrogens (tertiary/aromatic N) is 6. The minimum atomic E-state index is -4.03. The number of hydrogen-bond acceptors (Lipinski definition) is 6. The third-order valence-electron chi connectivity index (χ3n) is 8.61. The van der Waals surface area contributed by atoms with Gasteiger partial charge in [0.05, 0.1) is 5.41 Å². The zero-order valence-electron chi connectivity index (χ0n) is 22.8. The number of allylic oxidation sites excluding steroid dienone is 1. The standard InChI is InChI=1S/C30H28F2N6O3S/c1-36-18-34-29(35-36)42(40,41)38(24-8-9-24)25-5-2-20-14-27-19(11-13-37(27)23-6-3-21(31)4-7-23)16-30(20,17-25)28(39)26-15-22(32)10-12-33-26/h3-4,6-7,10-15,18,24-25H,2,5,8-9,16-17H2,1H3/t25-,30-/m0/s1. The van der Waals surface area contributed by atoms with Gasteiger partial charge in [-0.2, -0.15) is 4.31 Å². The van der Waals surface area contributed by atoms with E-state index in [0.29, 0.717) is 19.3 Å². The molecule has 0 amide bonds. The number of aryl methyl sites for hydroxylation is 1. The number of benzene rings is 1. The van der Waals surface area contributed by atoms with Crippen LogP contribution in [0.5, 0.6) is 0 Å². The number of Topliss-reactive ketones (excluding diaryl/α,β-unsaturated/α-hetero) is 1. The quantitative estimate of drug-likeness (QED) is 0.294. The van der Waals surface area contributed by atoms with E-state index in [4.69, 9.17) is 0 Å². The topological polar surface area (TPSA) is 103 Å². The van der Waals surface area contributed by atoms with Crippen LogP contribution in [-0.4, -0.2) is 54.9 Å². The third-order valence-corrected chi connectivity index (χ3v) is 10.4. The predicted molar refractivity (Wildman–Crippen MR) is 149 cm³/mol. The van der Waals surface area contributed by atoms with Crippen molar-refractivity contribution in [2.24, 2.45) is 12.5 Å². The second kappa shape index (κ2) is 9.77. The number of ketones is 1.